The van der Waals surface area contributed by atoms with Crippen LogP contribution in [0.2, 0.25) is 0 Å². The maximum absolute atomic E-state index is 10.0. The minimum atomic E-state index is -0.816. The number of rotatable bonds is 5. The van der Waals surface area contributed by atoms with Gasteiger partial charge in [-0.2, -0.15) is 4.98 Å². The summed E-state index contributed by atoms with van der Waals surface area (Å²) in [5.74, 6) is 2.87. The van der Waals surface area contributed by atoms with Crippen molar-refractivity contribution in [2.45, 2.75) is 57.5 Å². The Balaban J connectivity index is 1.44. The van der Waals surface area contributed by atoms with Crippen molar-refractivity contribution in [1.29, 1.82) is 0 Å². The molecule has 0 bridgehead atoms. The van der Waals surface area contributed by atoms with Crippen molar-refractivity contribution in [2.75, 3.05) is 34.8 Å². The average molecular weight is 466 g/mol. The third-order valence-corrected chi connectivity index (χ3v) is 6.84. The number of β-amino-alcohol motifs (C(OH)–C–C–N with tert-alkyl or cyclic N) is 2. The molecule has 0 aromatic carbocycles. The molecule has 2 fully saturated rings. The Bertz CT molecular complexity index is 1190. The van der Waals surface area contributed by atoms with Gasteiger partial charge < -0.3 is 30.4 Å². The van der Waals surface area contributed by atoms with Crippen molar-refractivity contribution in [1.82, 2.24) is 19.9 Å². The van der Waals surface area contributed by atoms with E-state index in [1.807, 2.05) is 30.3 Å². The number of nitrogens with zero attached hydrogens (tertiary/aromatic N) is 6. The van der Waals surface area contributed by atoms with Crippen molar-refractivity contribution in [3.8, 4) is 0 Å². The average Bonchev–Trinajstić information content (AvgIpc) is 2.83. The van der Waals surface area contributed by atoms with Crippen LogP contribution < -0.4 is 15.1 Å². The second kappa shape index (κ2) is 8.94. The first kappa shape index (κ1) is 22.7. The van der Waals surface area contributed by atoms with Crippen molar-refractivity contribution in [3.05, 3.63) is 36.3 Å². The molecule has 0 spiro atoms. The van der Waals surface area contributed by atoms with E-state index in [1.54, 1.807) is 12.3 Å². The van der Waals surface area contributed by atoms with Crippen molar-refractivity contribution >= 4 is 34.2 Å². The molecule has 180 valence electrons. The number of aromatic nitrogens is 4. The topological polar surface area (TPSA) is 131 Å². The number of aliphatic hydroxyl groups excluding tert-OH is 3. The molecule has 2 saturated heterocycles. The maximum atomic E-state index is 10.0. The highest BCUT2D eigenvalue weighted by molar-refractivity contribution is 5.96. The van der Waals surface area contributed by atoms with Crippen LogP contribution in [0, 0.1) is 0 Å². The van der Waals surface area contributed by atoms with Crippen LogP contribution in [0.15, 0.2) is 30.7 Å². The number of hydrogen-bond acceptors (Lipinski definition) is 10. The van der Waals surface area contributed by atoms with E-state index in [0.717, 1.165) is 22.2 Å². The van der Waals surface area contributed by atoms with Crippen LogP contribution in [0.1, 0.15) is 38.7 Å². The van der Waals surface area contributed by atoms with Gasteiger partial charge in [0.25, 0.3) is 0 Å². The number of anilines is 4. The molecule has 0 unspecified atom stereocenters. The Hall–Kier alpha value is -3.08. The molecule has 0 aliphatic carbocycles. The van der Waals surface area contributed by atoms with Crippen molar-refractivity contribution in [3.63, 3.8) is 0 Å². The molecule has 10 nitrogen and oxygen atoms in total. The molecule has 3 aromatic heterocycles. The second-order valence-electron chi connectivity index (χ2n) is 9.50. The third kappa shape index (κ3) is 4.13. The van der Waals surface area contributed by atoms with Crippen LogP contribution in [0.4, 0.5) is 23.4 Å². The Morgan fingerprint density at radius 1 is 0.971 bits per heavy atom. The predicted octanol–water partition coefficient (Wildman–Crippen LogP) is 1.79. The lowest BCUT2D eigenvalue weighted by atomic mass is 9.96. The highest BCUT2D eigenvalue weighted by Crippen LogP contribution is 2.35. The van der Waals surface area contributed by atoms with Crippen LogP contribution in [0.25, 0.3) is 10.8 Å². The van der Waals surface area contributed by atoms with E-state index < -0.39 is 12.2 Å². The standard InChI is InChI=1S/C24H31N7O3/c1-13(2)16-9-27-23(31-12-19(33)14(31)3)17-10-26-22(8-15(16)17)28-21-4-6-25-24(29-21)30-7-5-18(32)20(34)11-30/h4,6,8-10,13-14,18-20,32-34H,5,7,11-12H2,1-3H3,(H,25,26,28,29)/t14-,18-,19+,20+/m1/s1. The molecule has 5 heterocycles. The molecular weight excluding hydrogens is 434 g/mol. The lowest BCUT2D eigenvalue weighted by Gasteiger charge is -2.44. The fourth-order valence-corrected chi connectivity index (χ4v) is 4.57. The number of pyridine rings is 2. The molecule has 34 heavy (non-hydrogen) atoms. The first-order valence-electron chi connectivity index (χ1n) is 11.8. The summed E-state index contributed by atoms with van der Waals surface area (Å²) in [5.41, 5.74) is 1.13. The molecule has 4 atom stereocenters. The summed E-state index contributed by atoms with van der Waals surface area (Å²) in [6, 6.07) is 3.81. The summed E-state index contributed by atoms with van der Waals surface area (Å²) in [7, 11) is 0. The number of fused-ring (bicyclic) bond motifs is 1. The Morgan fingerprint density at radius 2 is 1.79 bits per heavy atom. The lowest BCUT2D eigenvalue weighted by molar-refractivity contribution is 0.00769. The van der Waals surface area contributed by atoms with E-state index in [2.05, 4.69) is 39.0 Å². The zero-order valence-corrected chi connectivity index (χ0v) is 19.6. The summed E-state index contributed by atoms with van der Waals surface area (Å²) in [5, 5.41) is 35.1. The number of aliphatic hydroxyl groups is 3. The highest BCUT2D eigenvalue weighted by Gasteiger charge is 2.36. The molecule has 2 aliphatic rings. The van der Waals surface area contributed by atoms with Gasteiger partial charge in [0.05, 0.1) is 24.4 Å². The van der Waals surface area contributed by atoms with Gasteiger partial charge in [0, 0.05) is 43.6 Å². The van der Waals surface area contributed by atoms with Crippen LogP contribution in [0.5, 0.6) is 0 Å². The molecule has 0 radical (unpaired) electrons. The van der Waals surface area contributed by atoms with Crippen molar-refractivity contribution in [2.24, 2.45) is 0 Å². The minimum absolute atomic E-state index is 0.0206. The van der Waals surface area contributed by atoms with Gasteiger partial charge in [-0.1, -0.05) is 13.8 Å². The van der Waals surface area contributed by atoms with Gasteiger partial charge in [-0.25, -0.2) is 15.0 Å². The van der Waals surface area contributed by atoms with E-state index in [9.17, 15) is 15.3 Å². The summed E-state index contributed by atoms with van der Waals surface area (Å²) in [6.45, 7) is 7.70. The fourth-order valence-electron chi connectivity index (χ4n) is 4.57. The number of hydrogen-bond donors (Lipinski definition) is 4. The van der Waals surface area contributed by atoms with E-state index in [1.165, 1.54) is 0 Å². The zero-order chi connectivity index (χ0) is 24.0. The predicted molar refractivity (Wildman–Crippen MR) is 131 cm³/mol. The molecule has 0 saturated carbocycles. The van der Waals surface area contributed by atoms with Gasteiger partial charge in [0.1, 0.15) is 17.5 Å². The molecule has 3 aromatic rings. The van der Waals surface area contributed by atoms with E-state index in [0.29, 0.717) is 37.1 Å². The van der Waals surface area contributed by atoms with E-state index >= 15 is 0 Å². The van der Waals surface area contributed by atoms with E-state index in [4.69, 9.17) is 4.98 Å². The number of nitrogens with one attached hydrogen (secondary N) is 1. The maximum Gasteiger partial charge on any atom is 0.227 e. The fraction of sp³-hybridized carbons (Fsp3) is 0.500. The van der Waals surface area contributed by atoms with E-state index in [-0.39, 0.29) is 24.6 Å². The SMILES string of the molecule is CC(C)c1cnc(N2C[C@H](O)[C@H]2C)c2cnc(Nc3ccnc(N4CC[C@@H](O)[C@@H](O)C4)n3)cc12. The summed E-state index contributed by atoms with van der Waals surface area (Å²) < 4.78 is 0. The smallest absolute Gasteiger partial charge is 0.227 e. The molecule has 4 N–H and O–H groups in total. The zero-order valence-electron chi connectivity index (χ0n) is 19.6. The first-order valence-corrected chi connectivity index (χ1v) is 11.8. The van der Waals surface area contributed by atoms with Crippen LogP contribution in [0.3, 0.4) is 0 Å². The summed E-state index contributed by atoms with van der Waals surface area (Å²) >= 11 is 0. The Labute approximate surface area is 198 Å². The number of piperidine rings is 1. The molecule has 5 rings (SSSR count). The Kier molecular flexibility index (Phi) is 5.97. The second-order valence-corrected chi connectivity index (χ2v) is 9.50. The van der Waals surface area contributed by atoms with Crippen LogP contribution >= 0.6 is 0 Å². The van der Waals surface area contributed by atoms with Gasteiger partial charge in [-0.15, -0.1) is 0 Å². The van der Waals surface area contributed by atoms with Gasteiger partial charge in [-0.3, -0.25) is 0 Å². The third-order valence-electron chi connectivity index (χ3n) is 6.84. The van der Waals surface area contributed by atoms with Gasteiger partial charge in [0.15, 0.2) is 0 Å². The van der Waals surface area contributed by atoms with Gasteiger partial charge in [-0.05, 0) is 42.3 Å². The minimum Gasteiger partial charge on any atom is -0.390 e. The molecule has 2 aliphatic heterocycles. The molecular formula is C24H31N7O3. The monoisotopic (exact) mass is 465 g/mol. The van der Waals surface area contributed by atoms with Gasteiger partial charge >= 0.3 is 0 Å². The largest absolute Gasteiger partial charge is 0.390 e. The summed E-state index contributed by atoms with van der Waals surface area (Å²) in [6.07, 6.45) is 4.01. The summed E-state index contributed by atoms with van der Waals surface area (Å²) in [4.78, 5) is 22.2. The normalized spacial score (nSPS) is 25.0. The van der Waals surface area contributed by atoms with Crippen LogP contribution in [-0.2, 0) is 0 Å². The molecule has 10 heteroatoms. The quantitative estimate of drug-likeness (QED) is 0.442. The van der Waals surface area contributed by atoms with Gasteiger partial charge in [0.2, 0.25) is 5.95 Å². The Morgan fingerprint density at radius 3 is 2.50 bits per heavy atom. The molecule has 0 amide bonds. The highest BCUT2D eigenvalue weighted by atomic mass is 16.3. The van der Waals surface area contributed by atoms with Crippen LogP contribution in [-0.4, -0.2) is 79.2 Å². The lowest BCUT2D eigenvalue weighted by Crippen LogP contribution is -2.59. The van der Waals surface area contributed by atoms with Crippen molar-refractivity contribution < 1.29 is 15.3 Å². The first-order chi connectivity index (χ1) is 16.3.